The largest absolute Gasteiger partial charge is 0.369 e. The van der Waals surface area contributed by atoms with E-state index in [1.54, 1.807) is 58.0 Å². The van der Waals surface area contributed by atoms with Crippen LogP contribution in [0.5, 0.6) is 0 Å². The minimum Gasteiger partial charge on any atom is -0.369 e. The third-order valence-corrected chi connectivity index (χ3v) is 7.32. The maximum Gasteiger partial charge on any atom is 0.224 e. The fourth-order valence-corrected chi connectivity index (χ4v) is 4.54. The lowest BCUT2D eigenvalue weighted by molar-refractivity contribution is -0.116. The molecule has 0 radical (unpaired) electrons. The second-order valence-corrected chi connectivity index (χ2v) is 12.1. The Bertz CT molecular complexity index is 1720. The molecule has 0 heterocycles. The minimum atomic E-state index is -0.155. The molecule has 0 aromatic heterocycles. The van der Waals surface area contributed by atoms with Crippen LogP contribution in [0.3, 0.4) is 0 Å². The second-order valence-electron chi connectivity index (χ2n) is 12.1. The molecule has 2 rings (SSSR count). The summed E-state index contributed by atoms with van der Waals surface area (Å²) in [5.41, 5.74) is 48.6. The summed E-state index contributed by atoms with van der Waals surface area (Å²) in [5.74, 6) is -0.641. The first-order chi connectivity index (χ1) is 26.1. The average molecular weight is 761 g/mol. The van der Waals surface area contributed by atoms with Gasteiger partial charge in [-0.2, -0.15) is 20.4 Å². The monoisotopic (exact) mass is 760 g/mol. The number of benzene rings is 2. The lowest BCUT2D eigenvalue weighted by Crippen LogP contribution is -2.22. The Morgan fingerprint density at radius 2 is 0.836 bits per heavy atom. The Balaban J connectivity index is 0.000000580. The molecule has 55 heavy (non-hydrogen) atoms. The fourth-order valence-electron chi connectivity index (χ4n) is 4.54. The van der Waals surface area contributed by atoms with Crippen molar-refractivity contribution in [1.82, 2.24) is 0 Å². The number of nitrogens with two attached hydrogens (primary N) is 8. The summed E-state index contributed by atoms with van der Waals surface area (Å²) in [5, 5.41) is 35.9. The molecule has 20 heteroatoms. The maximum atomic E-state index is 12.5. The van der Waals surface area contributed by atoms with E-state index in [1.807, 2.05) is 6.07 Å². The first-order valence-electron chi connectivity index (χ1n) is 17.4. The number of carbonyl (C=O) groups is 2. The van der Waals surface area contributed by atoms with Crippen molar-refractivity contribution in [3.05, 3.63) is 58.7 Å². The van der Waals surface area contributed by atoms with Gasteiger partial charge >= 0.3 is 0 Å². The van der Waals surface area contributed by atoms with Crippen molar-refractivity contribution >= 4 is 70.4 Å². The number of anilines is 2. The molecule has 0 aliphatic heterocycles. The molecule has 0 spiro atoms. The lowest BCUT2D eigenvalue weighted by Gasteiger charge is -2.11. The zero-order valence-corrected chi connectivity index (χ0v) is 32.2. The Hall–Kier alpha value is -6.86. The quantitative estimate of drug-likeness (QED) is 0.0326. The molecular formula is C35H56N18O2. The number of guanidine groups is 4. The fraction of sp³-hybridized carbons (Fsp3) is 0.371. The van der Waals surface area contributed by atoms with Crippen molar-refractivity contribution in [3.8, 4) is 0 Å². The second kappa shape index (κ2) is 25.2. The predicted molar refractivity (Wildman–Crippen MR) is 226 cm³/mol. The third kappa shape index (κ3) is 20.1. The highest BCUT2D eigenvalue weighted by Crippen LogP contribution is 2.19. The van der Waals surface area contributed by atoms with Crippen molar-refractivity contribution in [3.63, 3.8) is 0 Å². The van der Waals surface area contributed by atoms with Crippen LogP contribution in [0.2, 0.25) is 0 Å². The maximum absolute atomic E-state index is 12.5. The van der Waals surface area contributed by atoms with Crippen LogP contribution in [0.25, 0.3) is 0 Å². The van der Waals surface area contributed by atoms with Crippen LogP contribution in [0.4, 0.5) is 11.4 Å². The van der Waals surface area contributed by atoms with Gasteiger partial charge in [0.25, 0.3) is 0 Å². The van der Waals surface area contributed by atoms with E-state index in [4.69, 9.17) is 45.9 Å². The van der Waals surface area contributed by atoms with Gasteiger partial charge in [0.15, 0.2) is 0 Å². The number of nitrogens with zero attached hydrogens (tertiary/aromatic N) is 8. The van der Waals surface area contributed by atoms with Crippen molar-refractivity contribution in [1.29, 1.82) is 0 Å². The number of rotatable bonds is 19. The predicted octanol–water partition coefficient (Wildman–Crippen LogP) is 2.01. The SMILES string of the molecule is C/C(=N\N=C(N)N)c1cc(NC=O)cc(/C(C)=N/N=C(N)N)c1.CCCCCCCCCC(=O)Nc1cc(/C(C)=N/N=C(N)N)cc(/C(C)=N/N=C(N)N)c1. The topological polar surface area (TPSA) is 365 Å². The number of amides is 2. The minimum absolute atomic E-state index is 0.0423. The molecule has 0 aliphatic rings. The van der Waals surface area contributed by atoms with Crippen LogP contribution >= 0.6 is 0 Å². The van der Waals surface area contributed by atoms with Gasteiger partial charge in [-0.3, -0.25) is 9.59 Å². The van der Waals surface area contributed by atoms with E-state index >= 15 is 0 Å². The Labute approximate surface area is 321 Å². The van der Waals surface area contributed by atoms with Gasteiger partial charge in [0.05, 0.1) is 22.8 Å². The highest BCUT2D eigenvalue weighted by atomic mass is 16.1. The van der Waals surface area contributed by atoms with E-state index in [0.29, 0.717) is 58.2 Å². The highest BCUT2D eigenvalue weighted by molar-refractivity contribution is 6.07. The van der Waals surface area contributed by atoms with Crippen LogP contribution < -0.4 is 56.5 Å². The molecule has 298 valence electrons. The summed E-state index contributed by atoms with van der Waals surface area (Å²) in [6, 6.07) is 10.7. The van der Waals surface area contributed by atoms with E-state index in [-0.39, 0.29) is 29.7 Å². The van der Waals surface area contributed by atoms with E-state index in [2.05, 4.69) is 58.4 Å². The molecule has 0 saturated carbocycles. The van der Waals surface area contributed by atoms with Crippen LogP contribution in [-0.4, -0.2) is 59.0 Å². The molecule has 0 atom stereocenters. The Morgan fingerprint density at radius 1 is 0.509 bits per heavy atom. The zero-order chi connectivity index (χ0) is 41.3. The number of unbranched alkanes of at least 4 members (excludes halogenated alkanes) is 6. The van der Waals surface area contributed by atoms with Gasteiger partial charge in [-0.05, 0) is 70.5 Å². The van der Waals surface area contributed by atoms with E-state index < -0.39 is 0 Å². The van der Waals surface area contributed by atoms with Crippen LogP contribution in [-0.2, 0) is 9.59 Å². The molecule has 20 nitrogen and oxygen atoms in total. The molecule has 2 aromatic carbocycles. The van der Waals surface area contributed by atoms with Crippen molar-refractivity contribution in [2.24, 2.45) is 86.7 Å². The van der Waals surface area contributed by atoms with Gasteiger partial charge in [-0.15, -0.1) is 20.4 Å². The lowest BCUT2D eigenvalue weighted by atomic mass is 10.0. The molecular weight excluding hydrogens is 705 g/mol. The van der Waals surface area contributed by atoms with Gasteiger partial charge < -0.3 is 56.5 Å². The van der Waals surface area contributed by atoms with Crippen molar-refractivity contribution < 1.29 is 9.59 Å². The van der Waals surface area contributed by atoms with Gasteiger partial charge in [0.1, 0.15) is 0 Å². The molecule has 2 amide bonds. The van der Waals surface area contributed by atoms with E-state index in [0.717, 1.165) is 30.4 Å². The first-order valence-corrected chi connectivity index (χ1v) is 17.4. The van der Waals surface area contributed by atoms with Crippen LogP contribution in [0, 0.1) is 0 Å². The number of hydrogen-bond acceptors (Lipinski definition) is 10. The van der Waals surface area contributed by atoms with Gasteiger partial charge in [-0.25, -0.2) is 0 Å². The van der Waals surface area contributed by atoms with Crippen molar-refractivity contribution in [2.45, 2.75) is 86.0 Å². The molecule has 0 unspecified atom stereocenters. The first kappa shape index (κ1) is 46.2. The normalized spacial score (nSPS) is 11.7. The Kier molecular flexibility index (Phi) is 21.1. The van der Waals surface area contributed by atoms with Crippen molar-refractivity contribution in [2.75, 3.05) is 10.6 Å². The summed E-state index contributed by atoms with van der Waals surface area (Å²) < 4.78 is 0. The molecule has 0 fully saturated rings. The Morgan fingerprint density at radius 3 is 1.16 bits per heavy atom. The summed E-state index contributed by atoms with van der Waals surface area (Å²) in [4.78, 5) is 23.1. The van der Waals surface area contributed by atoms with E-state index in [9.17, 15) is 9.59 Å². The van der Waals surface area contributed by atoms with Gasteiger partial charge in [0.2, 0.25) is 36.2 Å². The summed E-state index contributed by atoms with van der Waals surface area (Å²) >= 11 is 0. The smallest absolute Gasteiger partial charge is 0.224 e. The molecule has 0 saturated heterocycles. The van der Waals surface area contributed by atoms with Crippen LogP contribution in [0.15, 0.2) is 77.2 Å². The molecule has 0 aliphatic carbocycles. The summed E-state index contributed by atoms with van der Waals surface area (Å²) in [6.45, 7) is 9.17. The van der Waals surface area contributed by atoms with Gasteiger partial charge in [-0.1, -0.05) is 45.4 Å². The van der Waals surface area contributed by atoms with E-state index in [1.165, 1.54) is 25.7 Å². The molecule has 2 aromatic rings. The number of nitrogens with one attached hydrogen (secondary N) is 2. The molecule has 18 N–H and O–H groups in total. The number of hydrogen-bond donors (Lipinski definition) is 10. The third-order valence-electron chi connectivity index (χ3n) is 7.32. The van der Waals surface area contributed by atoms with Gasteiger partial charge in [0, 0.05) is 40.0 Å². The summed E-state index contributed by atoms with van der Waals surface area (Å²) in [7, 11) is 0. The average Bonchev–Trinajstić information content (AvgIpc) is 3.13. The zero-order valence-electron chi connectivity index (χ0n) is 32.2. The highest BCUT2D eigenvalue weighted by Gasteiger charge is 2.10. The molecule has 0 bridgehead atoms. The number of carbonyl (C=O) groups excluding carboxylic acids is 2. The standard InChI is InChI=1S/C22H37N9O.C13H19N9O/c1-4-5-6-7-8-9-10-11-20(32)27-19-13-17(15(2)28-30-21(23)24)12-18(14-19)16(3)29-31-22(25)26;1-7(19-21-12(14)15)9-3-10(5-11(4-9)18-6-23)8(2)20-22-13(16)17/h12-14H,4-11H2,1-3H3,(H,27,32)(H4,23,24,30)(H4,25,26,31);3-6H,1-2H3,(H,18,23)(H4,14,15,21)(H4,16,17,22)/b28-15+,29-16+;19-7+,20-8+. The van der Waals surface area contributed by atoms with Crippen LogP contribution in [0.1, 0.15) is 108 Å². The summed E-state index contributed by atoms with van der Waals surface area (Å²) in [6.07, 6.45) is 9.10.